The number of pyridine rings is 1. The fourth-order valence-corrected chi connectivity index (χ4v) is 4.87. The molecule has 0 amide bonds. The largest absolute Gasteiger partial charge is 0.394 e. The highest BCUT2D eigenvalue weighted by atomic mass is 35.5. The van der Waals surface area contributed by atoms with Gasteiger partial charge in [-0.25, -0.2) is 4.98 Å². The Kier molecular flexibility index (Phi) is 6.62. The van der Waals surface area contributed by atoms with Crippen LogP contribution in [0.25, 0.3) is 10.4 Å². The Labute approximate surface area is 192 Å². The quantitative estimate of drug-likeness (QED) is 0.352. The maximum Gasteiger partial charge on any atom is 0.222 e. The van der Waals surface area contributed by atoms with Crippen molar-refractivity contribution >= 4 is 22.9 Å². The molecule has 0 bridgehead atoms. The summed E-state index contributed by atoms with van der Waals surface area (Å²) < 4.78 is 18.5. The summed E-state index contributed by atoms with van der Waals surface area (Å²) in [5, 5.41) is 51.3. The molecular formula is C22H21ClFNO6S. The van der Waals surface area contributed by atoms with Gasteiger partial charge in [0.1, 0.15) is 24.4 Å². The molecule has 7 nitrogen and oxygen atoms in total. The number of aliphatic hydroxyl groups is 5. The van der Waals surface area contributed by atoms with Crippen molar-refractivity contribution in [2.45, 2.75) is 36.6 Å². The molecule has 1 fully saturated rings. The molecule has 5 atom stereocenters. The molecule has 10 heteroatoms. The first-order chi connectivity index (χ1) is 15.2. The van der Waals surface area contributed by atoms with E-state index in [2.05, 4.69) is 4.98 Å². The van der Waals surface area contributed by atoms with Crippen molar-refractivity contribution in [3.8, 4) is 10.4 Å². The van der Waals surface area contributed by atoms with Crippen LogP contribution in [-0.2, 0) is 16.9 Å². The molecule has 4 rings (SSSR count). The highest BCUT2D eigenvalue weighted by molar-refractivity contribution is 7.15. The van der Waals surface area contributed by atoms with Crippen molar-refractivity contribution in [1.29, 1.82) is 0 Å². The zero-order valence-electron chi connectivity index (χ0n) is 16.6. The molecule has 1 aliphatic rings. The Hall–Kier alpha value is -1.95. The molecule has 3 aromatic rings. The van der Waals surface area contributed by atoms with Gasteiger partial charge < -0.3 is 30.3 Å². The summed E-state index contributed by atoms with van der Waals surface area (Å²) in [4.78, 5) is 5.49. The van der Waals surface area contributed by atoms with E-state index in [0.29, 0.717) is 17.0 Å². The van der Waals surface area contributed by atoms with E-state index < -0.39 is 42.8 Å². The fraction of sp³-hybridized carbons (Fsp3) is 0.318. The molecule has 32 heavy (non-hydrogen) atoms. The lowest BCUT2D eigenvalue weighted by molar-refractivity contribution is -0.357. The number of halogens is 2. The Morgan fingerprint density at radius 1 is 1.09 bits per heavy atom. The average Bonchev–Trinajstić information content (AvgIpc) is 3.25. The van der Waals surface area contributed by atoms with Crippen molar-refractivity contribution in [3.63, 3.8) is 0 Å². The van der Waals surface area contributed by atoms with Gasteiger partial charge in [-0.3, -0.25) is 0 Å². The maximum atomic E-state index is 13.1. The first-order valence-corrected chi connectivity index (χ1v) is 11.0. The van der Waals surface area contributed by atoms with Crippen LogP contribution in [0.5, 0.6) is 0 Å². The zero-order chi connectivity index (χ0) is 23.0. The normalized spacial score (nSPS) is 28.1. The summed E-state index contributed by atoms with van der Waals surface area (Å²) in [6.07, 6.45) is -4.59. The van der Waals surface area contributed by atoms with Crippen molar-refractivity contribution in [1.82, 2.24) is 4.98 Å². The van der Waals surface area contributed by atoms with Crippen LogP contribution in [0.1, 0.15) is 16.0 Å². The summed E-state index contributed by atoms with van der Waals surface area (Å²) in [6.45, 7) is -0.663. The van der Waals surface area contributed by atoms with Gasteiger partial charge in [0.05, 0.1) is 6.61 Å². The van der Waals surface area contributed by atoms with E-state index in [1.165, 1.54) is 35.7 Å². The van der Waals surface area contributed by atoms with Crippen LogP contribution in [0.2, 0.25) is 5.02 Å². The topological polar surface area (TPSA) is 123 Å². The third-order valence-electron chi connectivity index (χ3n) is 5.46. The number of thiophene rings is 1. The van der Waals surface area contributed by atoms with Crippen LogP contribution in [0.4, 0.5) is 4.39 Å². The smallest absolute Gasteiger partial charge is 0.222 e. The molecule has 170 valence electrons. The van der Waals surface area contributed by atoms with Crippen LogP contribution in [0.15, 0.2) is 48.7 Å². The minimum atomic E-state index is -2.36. The third kappa shape index (κ3) is 4.30. The Bertz CT molecular complexity index is 1090. The molecule has 0 radical (unpaired) electrons. The number of benzene rings is 1. The van der Waals surface area contributed by atoms with Gasteiger partial charge >= 0.3 is 0 Å². The summed E-state index contributed by atoms with van der Waals surface area (Å²) in [5.74, 6) is -2.91. The lowest BCUT2D eigenvalue weighted by Gasteiger charge is -2.45. The Balaban J connectivity index is 1.61. The zero-order valence-corrected chi connectivity index (χ0v) is 18.2. The second-order valence-electron chi connectivity index (χ2n) is 7.58. The van der Waals surface area contributed by atoms with Gasteiger partial charge in [0.15, 0.2) is 0 Å². The molecule has 5 N–H and O–H groups in total. The van der Waals surface area contributed by atoms with Crippen molar-refractivity contribution in [2.24, 2.45) is 0 Å². The summed E-state index contributed by atoms with van der Waals surface area (Å²) in [7, 11) is 0. The predicted molar refractivity (Wildman–Crippen MR) is 116 cm³/mol. The van der Waals surface area contributed by atoms with E-state index in [1.54, 1.807) is 12.1 Å². The SMILES string of the molecule is OCC1O[C@@](O)(c2ccc(Cl)c(Cc3ccc(-c4ccc(F)nc4)s3)c2)[C@H](O)C(O)[C@@H]1O. The molecule has 1 aliphatic heterocycles. The number of rotatable bonds is 5. The molecule has 0 aliphatic carbocycles. The van der Waals surface area contributed by atoms with E-state index >= 15 is 0 Å². The van der Waals surface area contributed by atoms with Gasteiger partial charge in [-0.1, -0.05) is 17.7 Å². The number of hydrogen-bond donors (Lipinski definition) is 5. The number of nitrogens with zero attached hydrogens (tertiary/aromatic N) is 1. The molecule has 1 saturated heterocycles. The molecule has 0 spiro atoms. The molecule has 2 aromatic heterocycles. The predicted octanol–water partition coefficient (Wildman–Crippen LogP) is 1.81. The first kappa shape index (κ1) is 23.2. The van der Waals surface area contributed by atoms with Crippen LogP contribution >= 0.6 is 22.9 Å². The molecule has 2 unspecified atom stereocenters. The second-order valence-corrected chi connectivity index (χ2v) is 9.16. The van der Waals surface area contributed by atoms with Crippen LogP contribution < -0.4 is 0 Å². The second kappa shape index (κ2) is 9.12. The number of ether oxygens (including phenoxy) is 1. The van der Waals surface area contributed by atoms with E-state index in [0.717, 1.165) is 15.3 Å². The van der Waals surface area contributed by atoms with Gasteiger partial charge in [0.25, 0.3) is 0 Å². The monoisotopic (exact) mass is 481 g/mol. The fourth-order valence-electron chi connectivity index (χ4n) is 3.66. The van der Waals surface area contributed by atoms with Gasteiger partial charge in [0, 0.05) is 38.5 Å². The van der Waals surface area contributed by atoms with E-state index in [1.807, 2.05) is 12.1 Å². The van der Waals surface area contributed by atoms with E-state index in [-0.39, 0.29) is 5.56 Å². The van der Waals surface area contributed by atoms with Gasteiger partial charge in [0.2, 0.25) is 11.7 Å². The standard InChI is InChI=1S/C22H21ClFNO6S/c23-15-4-2-13(22(30)21(29)20(28)19(27)16(10-26)31-22)7-12(15)8-14-3-5-17(32-14)11-1-6-18(24)25-9-11/h1-7,9,16,19-21,26-30H,8,10H2/t16?,19-,20?,21-,22+/m1/s1. The average molecular weight is 482 g/mol. The highest BCUT2D eigenvalue weighted by Gasteiger charge is 2.53. The molecular weight excluding hydrogens is 461 g/mol. The minimum absolute atomic E-state index is 0.119. The van der Waals surface area contributed by atoms with E-state index in [9.17, 15) is 29.9 Å². The van der Waals surface area contributed by atoms with Gasteiger partial charge in [-0.2, -0.15) is 4.39 Å². The highest BCUT2D eigenvalue weighted by Crippen LogP contribution is 2.38. The molecule has 0 saturated carbocycles. The first-order valence-electron chi connectivity index (χ1n) is 9.77. The Morgan fingerprint density at radius 3 is 2.56 bits per heavy atom. The number of hydrogen-bond acceptors (Lipinski definition) is 8. The van der Waals surface area contributed by atoms with Crippen molar-refractivity contribution in [2.75, 3.05) is 6.61 Å². The lowest BCUT2D eigenvalue weighted by atomic mass is 9.87. The van der Waals surface area contributed by atoms with Crippen molar-refractivity contribution in [3.05, 3.63) is 75.6 Å². The third-order valence-corrected chi connectivity index (χ3v) is 6.97. The van der Waals surface area contributed by atoms with Crippen LogP contribution in [0, 0.1) is 5.95 Å². The minimum Gasteiger partial charge on any atom is -0.394 e. The molecule has 3 heterocycles. The van der Waals surface area contributed by atoms with Gasteiger partial charge in [-0.15, -0.1) is 11.3 Å². The van der Waals surface area contributed by atoms with Gasteiger partial charge in [-0.05, 0) is 42.0 Å². The summed E-state index contributed by atoms with van der Waals surface area (Å²) in [5.41, 5.74) is 1.52. The van der Waals surface area contributed by atoms with Crippen LogP contribution in [-0.4, -0.2) is 61.5 Å². The number of aliphatic hydroxyl groups excluding tert-OH is 4. The Morgan fingerprint density at radius 2 is 1.88 bits per heavy atom. The van der Waals surface area contributed by atoms with Crippen LogP contribution in [0.3, 0.4) is 0 Å². The molecule has 1 aromatic carbocycles. The number of aromatic nitrogens is 1. The summed E-state index contributed by atoms with van der Waals surface area (Å²) in [6, 6.07) is 11.2. The maximum absolute atomic E-state index is 13.1. The lowest BCUT2D eigenvalue weighted by Crippen LogP contribution is -2.63. The van der Waals surface area contributed by atoms with Crippen molar-refractivity contribution < 1.29 is 34.7 Å². The van der Waals surface area contributed by atoms with E-state index in [4.69, 9.17) is 16.3 Å². The summed E-state index contributed by atoms with van der Waals surface area (Å²) >= 11 is 7.83.